The smallest absolute Gasteiger partial charge is 0.411 e. The summed E-state index contributed by atoms with van der Waals surface area (Å²) in [6.07, 6.45) is -0.257. The van der Waals surface area contributed by atoms with Crippen LogP contribution >= 0.6 is 0 Å². The number of ether oxygens (including phenoxy) is 3. The number of hydrogen-bond acceptors (Lipinski definition) is 5. The van der Waals surface area contributed by atoms with Gasteiger partial charge in [0.15, 0.2) is 11.5 Å². The van der Waals surface area contributed by atoms with Crippen LogP contribution < -0.4 is 9.47 Å². The van der Waals surface area contributed by atoms with Crippen molar-refractivity contribution < 1.29 is 19.0 Å². The molecule has 0 aliphatic carbocycles. The molecule has 5 rings (SSSR count). The number of rotatable bonds is 7. The van der Waals surface area contributed by atoms with E-state index >= 15 is 0 Å². The Hall–Kier alpha value is -3.51. The Kier molecular flexibility index (Phi) is 7.10. The van der Waals surface area contributed by atoms with Crippen molar-refractivity contribution >= 4 is 6.09 Å². The lowest BCUT2D eigenvalue weighted by Crippen LogP contribution is -2.53. The highest BCUT2D eigenvalue weighted by Crippen LogP contribution is 2.48. The maximum atomic E-state index is 13.4. The highest BCUT2D eigenvalue weighted by Gasteiger charge is 2.54. The van der Waals surface area contributed by atoms with Crippen LogP contribution in [0.25, 0.3) is 0 Å². The monoisotopic (exact) mass is 514 g/mol. The van der Waals surface area contributed by atoms with Crippen molar-refractivity contribution in [1.82, 2.24) is 9.80 Å². The largest absolute Gasteiger partial charge is 0.493 e. The van der Waals surface area contributed by atoms with Crippen LogP contribution in [0.2, 0.25) is 0 Å². The van der Waals surface area contributed by atoms with Crippen LogP contribution in [-0.2, 0) is 11.3 Å². The van der Waals surface area contributed by atoms with Gasteiger partial charge in [-0.3, -0.25) is 9.80 Å². The molecule has 3 aromatic carbocycles. The van der Waals surface area contributed by atoms with Crippen molar-refractivity contribution in [3.05, 3.63) is 95.6 Å². The summed E-state index contributed by atoms with van der Waals surface area (Å²) in [5.41, 5.74) is 2.59. The van der Waals surface area contributed by atoms with Gasteiger partial charge < -0.3 is 14.2 Å². The van der Waals surface area contributed by atoms with Gasteiger partial charge in [-0.05, 0) is 56.5 Å². The standard InChI is InChI=1S/C32H38N2O4/c1-31(2,3)38-29-18-25(16-17-28(29)36-5)26-20-33(19-23-12-8-6-9-13-23)22-32(26,4)34-27(21-37-30(34)35)24-14-10-7-11-15-24/h6-18,26-27H,19-22H2,1-5H3/t26-,27-,32+/m0/s1. The number of benzene rings is 3. The summed E-state index contributed by atoms with van der Waals surface area (Å²) in [6.45, 7) is 11.0. The second kappa shape index (κ2) is 10.3. The Morgan fingerprint density at radius 3 is 2.29 bits per heavy atom. The van der Waals surface area contributed by atoms with Gasteiger partial charge in [0.2, 0.25) is 0 Å². The molecule has 1 amide bonds. The Balaban J connectivity index is 1.56. The lowest BCUT2D eigenvalue weighted by atomic mass is 9.81. The summed E-state index contributed by atoms with van der Waals surface area (Å²) in [5.74, 6) is 1.45. The summed E-state index contributed by atoms with van der Waals surface area (Å²) in [7, 11) is 1.66. The fourth-order valence-corrected chi connectivity index (χ4v) is 5.98. The number of nitrogens with zero attached hydrogens (tertiary/aromatic N) is 2. The van der Waals surface area contributed by atoms with Crippen LogP contribution in [0.1, 0.15) is 56.3 Å². The van der Waals surface area contributed by atoms with Crippen LogP contribution in [0, 0.1) is 0 Å². The van der Waals surface area contributed by atoms with E-state index in [1.165, 1.54) is 5.56 Å². The van der Waals surface area contributed by atoms with E-state index in [4.69, 9.17) is 14.2 Å². The van der Waals surface area contributed by atoms with Gasteiger partial charge >= 0.3 is 6.09 Å². The Morgan fingerprint density at radius 2 is 1.63 bits per heavy atom. The first kappa shape index (κ1) is 26.1. The molecular formula is C32H38N2O4. The number of carbonyl (C=O) groups excluding carboxylic acids is 1. The van der Waals surface area contributed by atoms with Gasteiger partial charge in [0.1, 0.15) is 12.2 Å². The second-order valence-electron chi connectivity index (χ2n) is 11.6. The predicted molar refractivity (Wildman–Crippen MR) is 149 cm³/mol. The van der Waals surface area contributed by atoms with Gasteiger partial charge in [0.25, 0.3) is 0 Å². The van der Waals surface area contributed by atoms with Crippen molar-refractivity contribution in [2.24, 2.45) is 0 Å². The molecule has 0 spiro atoms. The molecule has 2 saturated heterocycles. The molecule has 0 radical (unpaired) electrons. The van der Waals surface area contributed by atoms with E-state index < -0.39 is 5.54 Å². The molecule has 0 saturated carbocycles. The minimum Gasteiger partial charge on any atom is -0.493 e. The maximum Gasteiger partial charge on any atom is 0.411 e. The third-order valence-corrected chi connectivity index (χ3v) is 7.60. The van der Waals surface area contributed by atoms with Crippen molar-refractivity contribution in [3.63, 3.8) is 0 Å². The molecule has 2 aliphatic rings. The Morgan fingerprint density at radius 1 is 0.947 bits per heavy atom. The average Bonchev–Trinajstić information content (AvgIpc) is 3.44. The number of cyclic esters (lactones) is 1. The van der Waals surface area contributed by atoms with Gasteiger partial charge in [0.05, 0.1) is 18.7 Å². The molecule has 3 atom stereocenters. The molecule has 0 N–H and O–H groups in total. The predicted octanol–water partition coefficient (Wildman–Crippen LogP) is 6.42. The highest BCUT2D eigenvalue weighted by molar-refractivity contribution is 5.72. The second-order valence-corrected chi connectivity index (χ2v) is 11.6. The molecule has 2 heterocycles. The number of amides is 1. The van der Waals surface area contributed by atoms with Crippen LogP contribution in [0.15, 0.2) is 78.9 Å². The Labute approximate surface area is 226 Å². The lowest BCUT2D eigenvalue weighted by Gasteiger charge is -2.42. The first-order chi connectivity index (χ1) is 18.2. The summed E-state index contributed by atoms with van der Waals surface area (Å²) in [6, 6.07) is 26.8. The first-order valence-electron chi connectivity index (χ1n) is 13.3. The third kappa shape index (κ3) is 5.23. The summed E-state index contributed by atoms with van der Waals surface area (Å²) in [4.78, 5) is 17.8. The average molecular weight is 515 g/mol. The van der Waals surface area contributed by atoms with Gasteiger partial charge in [0, 0.05) is 25.6 Å². The Bertz CT molecular complexity index is 1260. The molecule has 6 nitrogen and oxygen atoms in total. The molecular weight excluding hydrogens is 476 g/mol. The van der Waals surface area contributed by atoms with Gasteiger partial charge in [-0.15, -0.1) is 0 Å². The molecule has 0 unspecified atom stereocenters. The van der Waals surface area contributed by atoms with Crippen LogP contribution in [0.3, 0.4) is 0 Å². The van der Waals surface area contributed by atoms with E-state index in [0.717, 1.165) is 30.8 Å². The molecule has 2 aliphatic heterocycles. The molecule has 6 heteroatoms. The van der Waals surface area contributed by atoms with E-state index in [9.17, 15) is 4.79 Å². The summed E-state index contributed by atoms with van der Waals surface area (Å²) < 4.78 is 17.6. The van der Waals surface area contributed by atoms with E-state index in [-0.39, 0.29) is 23.7 Å². The quantitative estimate of drug-likeness (QED) is 0.364. The molecule has 38 heavy (non-hydrogen) atoms. The van der Waals surface area contributed by atoms with E-state index in [0.29, 0.717) is 18.1 Å². The van der Waals surface area contributed by atoms with Crippen molar-refractivity contribution in [2.45, 2.75) is 57.3 Å². The van der Waals surface area contributed by atoms with Crippen molar-refractivity contribution in [2.75, 3.05) is 26.8 Å². The lowest BCUT2D eigenvalue weighted by molar-refractivity contribution is 0.0971. The highest BCUT2D eigenvalue weighted by atomic mass is 16.6. The SMILES string of the molecule is COc1ccc([C@@H]2CN(Cc3ccccc3)C[C@@]2(C)N2C(=O)OC[C@H]2c2ccccc2)cc1OC(C)(C)C. The topological polar surface area (TPSA) is 51.2 Å². The molecule has 200 valence electrons. The molecule has 0 bridgehead atoms. The first-order valence-corrected chi connectivity index (χ1v) is 13.3. The normalized spacial score (nSPS) is 23.9. The summed E-state index contributed by atoms with van der Waals surface area (Å²) in [5, 5.41) is 0. The van der Waals surface area contributed by atoms with E-state index in [2.05, 4.69) is 60.4 Å². The van der Waals surface area contributed by atoms with Crippen molar-refractivity contribution in [3.8, 4) is 11.5 Å². The fourth-order valence-electron chi connectivity index (χ4n) is 5.98. The van der Waals surface area contributed by atoms with Gasteiger partial charge in [-0.25, -0.2) is 4.79 Å². The minimum absolute atomic E-state index is 0.0382. The maximum absolute atomic E-state index is 13.4. The van der Waals surface area contributed by atoms with Gasteiger partial charge in [-0.2, -0.15) is 0 Å². The number of hydrogen-bond donors (Lipinski definition) is 0. The third-order valence-electron chi connectivity index (χ3n) is 7.60. The van der Waals surface area contributed by atoms with E-state index in [1.807, 2.05) is 56.0 Å². The van der Waals surface area contributed by atoms with E-state index in [1.54, 1.807) is 7.11 Å². The molecule has 3 aromatic rings. The van der Waals surface area contributed by atoms with Crippen LogP contribution in [0.5, 0.6) is 11.5 Å². The van der Waals surface area contributed by atoms with Crippen LogP contribution in [-0.4, -0.2) is 53.8 Å². The molecule has 0 aromatic heterocycles. The summed E-state index contributed by atoms with van der Waals surface area (Å²) >= 11 is 0. The van der Waals surface area contributed by atoms with Crippen molar-refractivity contribution in [1.29, 1.82) is 0 Å². The number of carbonyl (C=O) groups is 1. The zero-order valence-corrected chi connectivity index (χ0v) is 23.0. The van der Waals surface area contributed by atoms with Crippen LogP contribution in [0.4, 0.5) is 4.79 Å². The fraction of sp³-hybridized carbons (Fsp3) is 0.406. The van der Waals surface area contributed by atoms with Gasteiger partial charge in [-0.1, -0.05) is 66.7 Å². The zero-order chi connectivity index (χ0) is 26.9. The molecule has 2 fully saturated rings. The minimum atomic E-state index is -0.504. The number of methoxy groups -OCH3 is 1. The number of likely N-dealkylation sites (tertiary alicyclic amines) is 1. The zero-order valence-electron chi connectivity index (χ0n) is 23.0.